The smallest absolute Gasteiger partial charge is 0.123 e. The van der Waals surface area contributed by atoms with Gasteiger partial charge < -0.3 is 35.2 Å². The average molecular weight is 929 g/mol. The standard InChI is InChI=1S/C20H24FNO2.C18H20FNO2.C11H12FN.CH3Cl.ClH.H3P/c1-2-22-13-12-20(19(23)14-22,17-8-10-18(21)11-9-17)24-15-16-6-4-3-5-7-16;19-16-8-6-15(7-9-16)18(10-11-20-12-17(18)21)22-13-14-4-2-1-3-5-14;12-11-3-1-9(2-4-11)10-5-7-13-8-6-10;1-2;;/h3-11,19,23H,2,12-15H2,1H3;1-9,17,20-21H,10-13H2;1-5,13H,6-8H2;1H3;1H;1H3/t19-,20-;17-,18-;;;;/m11..../s1. The molecule has 0 bridgehead atoms. The second-order valence-electron chi connectivity index (χ2n) is 15.2. The van der Waals surface area contributed by atoms with E-state index in [0.29, 0.717) is 39.1 Å². The van der Waals surface area contributed by atoms with E-state index < -0.39 is 23.4 Å². The van der Waals surface area contributed by atoms with Crippen LogP contribution < -0.4 is 10.6 Å². The number of nitrogens with zero attached hydrogens (tertiary/aromatic N) is 1. The van der Waals surface area contributed by atoms with Crippen molar-refractivity contribution < 1.29 is 32.9 Å². The molecule has 0 spiro atoms. The van der Waals surface area contributed by atoms with Crippen molar-refractivity contribution in [2.45, 2.75) is 62.8 Å². The number of nitrogens with one attached hydrogen (secondary N) is 2. The van der Waals surface area contributed by atoms with E-state index in [1.54, 1.807) is 24.3 Å². The fourth-order valence-corrected chi connectivity index (χ4v) is 7.87. The molecular weight excluding hydrogens is 865 g/mol. The van der Waals surface area contributed by atoms with E-state index in [1.165, 1.54) is 48.4 Å². The van der Waals surface area contributed by atoms with Crippen molar-refractivity contribution in [1.82, 2.24) is 15.5 Å². The molecule has 1 unspecified atom stereocenters. The summed E-state index contributed by atoms with van der Waals surface area (Å²) in [6.45, 7) is 8.38. The zero-order valence-corrected chi connectivity index (χ0v) is 39.2. The molecule has 8 rings (SSSR count). The van der Waals surface area contributed by atoms with Gasteiger partial charge in [0.15, 0.2) is 0 Å². The number of hydrogen-bond donors (Lipinski definition) is 4. The molecule has 0 amide bonds. The van der Waals surface area contributed by atoms with Gasteiger partial charge in [0.1, 0.15) is 28.7 Å². The predicted molar refractivity (Wildman–Crippen MR) is 257 cm³/mol. The molecule has 2 saturated heterocycles. The first-order valence-corrected chi connectivity index (χ1v) is 21.7. The topological polar surface area (TPSA) is 86.2 Å². The molecule has 5 aromatic carbocycles. The summed E-state index contributed by atoms with van der Waals surface area (Å²) >= 11 is 4.64. The van der Waals surface area contributed by atoms with E-state index in [0.717, 1.165) is 67.0 Å². The Morgan fingerprint density at radius 3 is 1.56 bits per heavy atom. The molecule has 3 heterocycles. The lowest BCUT2D eigenvalue weighted by atomic mass is 9.81. The summed E-state index contributed by atoms with van der Waals surface area (Å²) in [5.74, 6) is -0.735. The van der Waals surface area contributed by atoms with Gasteiger partial charge in [0, 0.05) is 32.6 Å². The summed E-state index contributed by atoms with van der Waals surface area (Å²) in [5.41, 5.74) is 4.63. The molecule has 342 valence electrons. The number of benzene rings is 5. The number of aliphatic hydroxyl groups excluding tert-OH is 2. The van der Waals surface area contributed by atoms with E-state index in [4.69, 9.17) is 9.47 Å². The quantitative estimate of drug-likeness (QED) is 0.0821. The van der Waals surface area contributed by atoms with Crippen molar-refractivity contribution in [3.05, 3.63) is 185 Å². The maximum absolute atomic E-state index is 13.3. The lowest BCUT2D eigenvalue weighted by Gasteiger charge is -2.45. The summed E-state index contributed by atoms with van der Waals surface area (Å²) in [6.07, 6.45) is 4.67. The van der Waals surface area contributed by atoms with Gasteiger partial charge in [-0.05, 0) is 109 Å². The molecule has 5 aromatic rings. The highest BCUT2D eigenvalue weighted by Crippen LogP contribution is 2.39. The predicted octanol–water partition coefficient (Wildman–Crippen LogP) is 9.45. The third-order valence-corrected chi connectivity index (χ3v) is 11.4. The molecule has 63 heavy (non-hydrogen) atoms. The highest BCUT2D eigenvalue weighted by molar-refractivity contribution is 6.92. The number of hydrogen-bond acceptors (Lipinski definition) is 7. The number of β-amino-alcohol motifs (C(OH)–C–C–N with tert-alkyl or cyclic N) is 2. The van der Waals surface area contributed by atoms with Gasteiger partial charge in [-0.25, -0.2) is 13.2 Å². The Morgan fingerprint density at radius 1 is 0.651 bits per heavy atom. The zero-order chi connectivity index (χ0) is 43.5. The van der Waals surface area contributed by atoms with Gasteiger partial charge in [-0.2, -0.15) is 9.90 Å². The largest absolute Gasteiger partial charge is 0.388 e. The van der Waals surface area contributed by atoms with Gasteiger partial charge in [0.05, 0.1) is 25.4 Å². The number of piperidine rings is 2. The van der Waals surface area contributed by atoms with Gasteiger partial charge in [-0.3, -0.25) is 0 Å². The molecule has 3 aliphatic rings. The lowest BCUT2D eigenvalue weighted by Crippen LogP contribution is -2.54. The van der Waals surface area contributed by atoms with Crippen LogP contribution in [0.25, 0.3) is 5.57 Å². The van der Waals surface area contributed by atoms with Gasteiger partial charge in [-0.15, -0.1) is 24.0 Å². The van der Waals surface area contributed by atoms with E-state index in [2.05, 4.69) is 40.1 Å². The average Bonchev–Trinajstić information content (AvgIpc) is 3.31. The first kappa shape index (κ1) is 53.7. The Balaban J connectivity index is 0.000000252. The first-order valence-electron chi connectivity index (χ1n) is 20.9. The minimum absolute atomic E-state index is 0. The number of likely N-dealkylation sites (tertiary alicyclic amines) is 1. The molecule has 0 saturated carbocycles. The van der Waals surface area contributed by atoms with Gasteiger partial charge >= 0.3 is 0 Å². The number of alkyl halides is 1. The second kappa shape index (κ2) is 27.6. The molecule has 0 aliphatic carbocycles. The normalized spacial score (nSPS) is 21.8. The number of rotatable bonds is 10. The molecule has 3 aliphatic heterocycles. The molecule has 7 nitrogen and oxygen atoms in total. The Hall–Kier alpha value is -3.64. The molecular formula is C50H63Cl2F3N3O4P. The first-order chi connectivity index (χ1) is 29.7. The Morgan fingerprint density at radius 2 is 1.13 bits per heavy atom. The summed E-state index contributed by atoms with van der Waals surface area (Å²) in [4.78, 5) is 2.21. The van der Waals surface area contributed by atoms with Gasteiger partial charge in [0.2, 0.25) is 0 Å². The Kier molecular flexibility index (Phi) is 23.6. The minimum atomic E-state index is -0.797. The number of aliphatic hydroxyl groups is 2. The highest BCUT2D eigenvalue weighted by atomic mass is 35.5. The van der Waals surface area contributed by atoms with Crippen molar-refractivity contribution in [2.75, 3.05) is 52.2 Å². The summed E-state index contributed by atoms with van der Waals surface area (Å²) in [6, 6.07) is 39.0. The number of halogens is 5. The van der Waals surface area contributed by atoms with Gasteiger partial charge in [0.25, 0.3) is 0 Å². The van der Waals surface area contributed by atoms with Crippen LogP contribution in [0.2, 0.25) is 0 Å². The van der Waals surface area contributed by atoms with Crippen LogP contribution in [-0.2, 0) is 33.9 Å². The van der Waals surface area contributed by atoms with E-state index in [9.17, 15) is 23.4 Å². The summed E-state index contributed by atoms with van der Waals surface area (Å²) < 4.78 is 51.6. The molecule has 0 aromatic heterocycles. The van der Waals surface area contributed by atoms with E-state index in [-0.39, 0.29) is 39.8 Å². The fraction of sp³-hybridized carbons (Fsp3) is 0.360. The van der Waals surface area contributed by atoms with Crippen molar-refractivity contribution in [3.63, 3.8) is 0 Å². The van der Waals surface area contributed by atoms with Crippen LogP contribution in [0.15, 0.2) is 140 Å². The van der Waals surface area contributed by atoms with Crippen LogP contribution in [0.4, 0.5) is 13.2 Å². The molecule has 13 heteroatoms. The Bertz CT molecular complexity index is 2040. The number of ether oxygens (including phenoxy) is 2. The number of likely N-dealkylation sites (N-methyl/N-ethyl adjacent to an activating group) is 1. The zero-order valence-electron chi connectivity index (χ0n) is 36.2. The monoisotopic (exact) mass is 927 g/mol. The second-order valence-corrected chi connectivity index (χ2v) is 15.2. The summed E-state index contributed by atoms with van der Waals surface area (Å²) in [5, 5.41) is 27.8. The minimum Gasteiger partial charge on any atom is -0.388 e. The van der Waals surface area contributed by atoms with Crippen LogP contribution in [0.3, 0.4) is 0 Å². The van der Waals surface area contributed by atoms with Crippen molar-refractivity contribution in [1.29, 1.82) is 0 Å². The van der Waals surface area contributed by atoms with E-state index in [1.807, 2.05) is 72.8 Å². The maximum Gasteiger partial charge on any atom is 0.123 e. The van der Waals surface area contributed by atoms with Crippen molar-refractivity contribution in [3.8, 4) is 0 Å². The van der Waals surface area contributed by atoms with Crippen molar-refractivity contribution >= 4 is 39.5 Å². The van der Waals surface area contributed by atoms with Crippen LogP contribution in [0, 0.1) is 17.5 Å². The van der Waals surface area contributed by atoms with E-state index >= 15 is 0 Å². The summed E-state index contributed by atoms with van der Waals surface area (Å²) in [7, 11) is 0. The highest BCUT2D eigenvalue weighted by Gasteiger charge is 2.45. The SMILES string of the molecule is CCN1CC[C@@](OCc2ccccc2)(c2ccc(F)cc2)[C@H](O)C1.CCl.Cl.Fc1ccc(C2=CCNCC2)cc1.O[C@@H]1CNCC[C@@]1(OCc1ccccc1)c1ccc(F)cc1.P. The lowest BCUT2D eigenvalue weighted by molar-refractivity contribution is -0.170. The maximum atomic E-state index is 13.3. The molecule has 5 atom stereocenters. The molecule has 4 N–H and O–H groups in total. The van der Waals surface area contributed by atoms with Crippen molar-refractivity contribution in [2.24, 2.45) is 0 Å². The molecule has 0 radical (unpaired) electrons. The van der Waals surface area contributed by atoms with Crippen LogP contribution >= 0.6 is 33.9 Å². The van der Waals surface area contributed by atoms with Gasteiger partial charge in [-0.1, -0.05) is 110 Å². The third kappa shape index (κ3) is 15.2. The van der Waals surface area contributed by atoms with Crippen LogP contribution in [0.1, 0.15) is 54.0 Å². The third-order valence-electron chi connectivity index (χ3n) is 11.4. The Labute approximate surface area is 386 Å². The van der Waals surface area contributed by atoms with Crippen LogP contribution in [0.5, 0.6) is 0 Å². The van der Waals surface area contributed by atoms with Crippen LogP contribution in [-0.4, -0.2) is 79.5 Å². The fourth-order valence-electron chi connectivity index (χ4n) is 7.87. The molecule has 2 fully saturated rings.